The van der Waals surface area contributed by atoms with Crippen LogP contribution in [0.2, 0.25) is 0 Å². The summed E-state index contributed by atoms with van der Waals surface area (Å²) in [6.07, 6.45) is 2.88. The fourth-order valence-corrected chi connectivity index (χ4v) is 2.80. The molecule has 21 heavy (non-hydrogen) atoms. The van der Waals surface area contributed by atoms with E-state index < -0.39 is 0 Å². The summed E-state index contributed by atoms with van der Waals surface area (Å²) >= 11 is 1.63. The van der Waals surface area contributed by atoms with Crippen molar-refractivity contribution in [1.82, 2.24) is 15.3 Å². The molecule has 0 aliphatic heterocycles. The fraction of sp³-hybridized carbons (Fsp3) is 0.438. The summed E-state index contributed by atoms with van der Waals surface area (Å²) in [4.78, 5) is 20.6. The Morgan fingerprint density at radius 1 is 1.33 bits per heavy atom. The maximum Gasteiger partial charge on any atom is 0.220 e. The van der Waals surface area contributed by atoms with Crippen molar-refractivity contribution >= 4 is 17.2 Å². The van der Waals surface area contributed by atoms with Crippen LogP contribution in [0, 0.1) is 0 Å². The summed E-state index contributed by atoms with van der Waals surface area (Å²) in [7, 11) is 0. The number of amides is 1. The summed E-state index contributed by atoms with van der Waals surface area (Å²) in [5, 5.41) is 5.99. The van der Waals surface area contributed by atoms with Crippen molar-refractivity contribution < 1.29 is 4.79 Å². The first-order valence-electron chi connectivity index (χ1n) is 7.06. The number of hydrogen-bond donors (Lipinski definition) is 1. The van der Waals surface area contributed by atoms with Gasteiger partial charge in [0.15, 0.2) is 0 Å². The van der Waals surface area contributed by atoms with Gasteiger partial charge in [-0.3, -0.25) is 9.78 Å². The lowest BCUT2D eigenvalue weighted by Crippen LogP contribution is -2.23. The smallest absolute Gasteiger partial charge is 0.220 e. The van der Waals surface area contributed by atoms with E-state index in [0.29, 0.717) is 19.4 Å². The van der Waals surface area contributed by atoms with Gasteiger partial charge in [-0.15, -0.1) is 11.3 Å². The lowest BCUT2D eigenvalue weighted by Gasteiger charge is -2.14. The molecule has 2 aromatic heterocycles. The Bertz CT molecular complexity index is 587. The van der Waals surface area contributed by atoms with Crippen molar-refractivity contribution in [3.05, 3.63) is 46.2 Å². The highest BCUT2D eigenvalue weighted by atomic mass is 32.1. The van der Waals surface area contributed by atoms with Gasteiger partial charge in [-0.1, -0.05) is 26.8 Å². The van der Waals surface area contributed by atoms with Crippen molar-refractivity contribution in [3.8, 4) is 0 Å². The van der Waals surface area contributed by atoms with Gasteiger partial charge in [0, 0.05) is 29.8 Å². The van der Waals surface area contributed by atoms with Gasteiger partial charge in [-0.25, -0.2) is 4.98 Å². The number of carbonyl (C=O) groups excluding carboxylic acids is 1. The second-order valence-corrected chi connectivity index (χ2v) is 6.92. The van der Waals surface area contributed by atoms with Gasteiger partial charge in [-0.2, -0.15) is 0 Å². The van der Waals surface area contributed by atoms with Crippen molar-refractivity contribution in [1.29, 1.82) is 0 Å². The fourth-order valence-electron chi connectivity index (χ4n) is 1.77. The number of hydrogen-bond acceptors (Lipinski definition) is 4. The molecule has 2 aromatic rings. The highest BCUT2D eigenvalue weighted by Crippen LogP contribution is 2.24. The van der Waals surface area contributed by atoms with E-state index >= 15 is 0 Å². The second kappa shape index (κ2) is 6.80. The minimum Gasteiger partial charge on any atom is -0.350 e. The SMILES string of the molecule is CC(C)(C)c1csc(CCC(=O)NCc2ccccn2)n1. The first kappa shape index (κ1) is 15.6. The summed E-state index contributed by atoms with van der Waals surface area (Å²) in [5.74, 6) is 0.0353. The molecule has 0 saturated heterocycles. The zero-order valence-electron chi connectivity index (χ0n) is 12.7. The molecule has 2 rings (SSSR count). The van der Waals surface area contributed by atoms with E-state index in [4.69, 9.17) is 0 Å². The zero-order valence-corrected chi connectivity index (χ0v) is 13.5. The van der Waals surface area contributed by atoms with Crippen LogP contribution < -0.4 is 5.32 Å². The van der Waals surface area contributed by atoms with E-state index in [1.807, 2.05) is 18.2 Å². The average molecular weight is 303 g/mol. The maximum absolute atomic E-state index is 11.8. The quantitative estimate of drug-likeness (QED) is 0.923. The lowest BCUT2D eigenvalue weighted by atomic mass is 9.93. The van der Waals surface area contributed by atoms with Crippen molar-refractivity contribution in [3.63, 3.8) is 0 Å². The Hall–Kier alpha value is -1.75. The van der Waals surface area contributed by atoms with Gasteiger partial charge in [-0.05, 0) is 12.1 Å². The lowest BCUT2D eigenvalue weighted by molar-refractivity contribution is -0.121. The van der Waals surface area contributed by atoms with Crippen LogP contribution in [0.25, 0.3) is 0 Å². The predicted octanol–water partition coefficient (Wildman–Crippen LogP) is 3.08. The molecule has 5 heteroatoms. The van der Waals surface area contributed by atoms with Gasteiger partial charge < -0.3 is 5.32 Å². The second-order valence-electron chi connectivity index (χ2n) is 5.97. The average Bonchev–Trinajstić information content (AvgIpc) is 2.93. The van der Waals surface area contributed by atoms with Crippen LogP contribution in [0.4, 0.5) is 0 Å². The number of aryl methyl sites for hydroxylation is 1. The highest BCUT2D eigenvalue weighted by Gasteiger charge is 2.17. The molecule has 0 aliphatic rings. The monoisotopic (exact) mass is 303 g/mol. The minimum atomic E-state index is 0.0353. The molecule has 112 valence electrons. The molecule has 0 atom stereocenters. The van der Waals surface area contributed by atoms with Crippen molar-refractivity contribution in [2.24, 2.45) is 0 Å². The van der Waals surface area contributed by atoms with Gasteiger partial charge in [0.1, 0.15) is 0 Å². The Labute approximate surface area is 129 Å². The number of rotatable bonds is 5. The molecule has 0 unspecified atom stereocenters. The Balaban J connectivity index is 1.78. The Morgan fingerprint density at radius 2 is 2.14 bits per heavy atom. The summed E-state index contributed by atoms with van der Waals surface area (Å²) < 4.78 is 0. The predicted molar refractivity (Wildman–Crippen MR) is 85.2 cm³/mol. The number of aromatic nitrogens is 2. The molecule has 4 nitrogen and oxygen atoms in total. The Morgan fingerprint density at radius 3 is 2.76 bits per heavy atom. The normalized spacial score (nSPS) is 11.4. The van der Waals surface area contributed by atoms with Crippen molar-refractivity contribution in [2.75, 3.05) is 0 Å². The highest BCUT2D eigenvalue weighted by molar-refractivity contribution is 7.09. The number of nitrogens with zero attached hydrogens (tertiary/aromatic N) is 2. The molecule has 0 saturated carbocycles. The molecular weight excluding hydrogens is 282 g/mol. The topological polar surface area (TPSA) is 54.9 Å². The van der Waals surface area contributed by atoms with Crippen molar-refractivity contribution in [2.45, 2.75) is 45.6 Å². The molecular formula is C16H21N3OS. The standard InChI is InChI=1S/C16H21N3OS/c1-16(2,3)13-11-21-15(19-13)8-7-14(20)18-10-12-6-4-5-9-17-12/h4-6,9,11H,7-8,10H2,1-3H3,(H,18,20). The van der Waals surface area contributed by atoms with Gasteiger partial charge in [0.2, 0.25) is 5.91 Å². The largest absolute Gasteiger partial charge is 0.350 e. The number of pyridine rings is 1. The van der Waals surface area contributed by atoms with E-state index in [2.05, 4.69) is 41.4 Å². The molecule has 0 fully saturated rings. The molecule has 1 N–H and O–H groups in total. The van der Waals surface area contributed by atoms with Crippen LogP contribution in [-0.2, 0) is 23.2 Å². The first-order chi connectivity index (χ1) is 9.95. The third-order valence-corrected chi connectivity index (χ3v) is 3.99. The van der Waals surface area contributed by atoms with E-state index in [1.165, 1.54) is 0 Å². The van der Waals surface area contributed by atoms with Crippen LogP contribution in [-0.4, -0.2) is 15.9 Å². The molecule has 1 amide bonds. The third kappa shape index (κ3) is 4.93. The zero-order chi connectivity index (χ0) is 15.3. The molecule has 0 spiro atoms. The third-order valence-electron chi connectivity index (χ3n) is 3.08. The van der Waals surface area contributed by atoms with E-state index in [9.17, 15) is 4.79 Å². The summed E-state index contributed by atoms with van der Waals surface area (Å²) in [5.41, 5.74) is 2.03. The molecule has 0 aliphatic carbocycles. The maximum atomic E-state index is 11.8. The first-order valence-corrected chi connectivity index (χ1v) is 7.94. The molecule has 0 aromatic carbocycles. The van der Waals surface area contributed by atoms with Gasteiger partial charge in [0.25, 0.3) is 0 Å². The molecule has 0 bridgehead atoms. The van der Waals surface area contributed by atoms with Crippen LogP contribution in [0.5, 0.6) is 0 Å². The summed E-state index contributed by atoms with van der Waals surface area (Å²) in [6, 6.07) is 5.68. The van der Waals surface area contributed by atoms with E-state index in [1.54, 1.807) is 17.5 Å². The van der Waals surface area contributed by atoms with Crippen LogP contribution >= 0.6 is 11.3 Å². The van der Waals surface area contributed by atoms with Crippen LogP contribution in [0.1, 0.15) is 43.6 Å². The van der Waals surface area contributed by atoms with Crippen LogP contribution in [0.3, 0.4) is 0 Å². The summed E-state index contributed by atoms with van der Waals surface area (Å²) in [6.45, 7) is 6.91. The number of thiazole rings is 1. The Kier molecular flexibility index (Phi) is 5.07. The van der Waals surface area contributed by atoms with Gasteiger partial charge in [0.05, 0.1) is 22.9 Å². The molecule has 2 heterocycles. The number of carbonyl (C=O) groups is 1. The van der Waals surface area contributed by atoms with E-state index in [-0.39, 0.29) is 11.3 Å². The molecule has 0 radical (unpaired) electrons. The van der Waals surface area contributed by atoms with Gasteiger partial charge >= 0.3 is 0 Å². The van der Waals surface area contributed by atoms with E-state index in [0.717, 1.165) is 16.4 Å². The van der Waals surface area contributed by atoms with Crippen LogP contribution in [0.15, 0.2) is 29.8 Å². The minimum absolute atomic E-state index is 0.0353. The number of nitrogens with one attached hydrogen (secondary N) is 1.